The van der Waals surface area contributed by atoms with Gasteiger partial charge in [-0.05, 0) is 42.7 Å². The van der Waals surface area contributed by atoms with E-state index in [1.807, 2.05) is 47.4 Å². The fourth-order valence-corrected chi connectivity index (χ4v) is 4.17. The second-order valence-corrected chi connectivity index (χ2v) is 7.41. The van der Waals surface area contributed by atoms with Gasteiger partial charge in [-0.2, -0.15) is 0 Å². The number of likely N-dealkylation sites (tertiary alicyclic amines) is 1. The van der Waals surface area contributed by atoms with Crippen molar-refractivity contribution in [3.8, 4) is 17.2 Å². The van der Waals surface area contributed by atoms with Crippen molar-refractivity contribution >= 4 is 12.0 Å². The molecule has 3 aliphatic heterocycles. The van der Waals surface area contributed by atoms with Gasteiger partial charge in [0.2, 0.25) is 0 Å². The van der Waals surface area contributed by atoms with Crippen LogP contribution < -0.4 is 14.2 Å². The van der Waals surface area contributed by atoms with Gasteiger partial charge in [0, 0.05) is 18.5 Å². The van der Waals surface area contributed by atoms with Gasteiger partial charge < -0.3 is 19.1 Å². The summed E-state index contributed by atoms with van der Waals surface area (Å²) in [7, 11) is 0. The standard InChI is InChI=1S/C23H23NO4/c25-23(18-13-17-5-1-2-7-20(17)28-15-18)24-10-3-6-19(24)16-8-9-21-22(14-16)27-12-4-11-26-21/h1-2,5,7-9,13-14,19H,3-4,6,10-12,15H2/t19-/m0/s1. The molecule has 0 radical (unpaired) electrons. The highest BCUT2D eigenvalue weighted by Gasteiger charge is 2.33. The number of rotatable bonds is 2. The molecule has 2 aromatic rings. The second kappa shape index (κ2) is 7.23. The minimum absolute atomic E-state index is 0.0581. The molecule has 1 amide bonds. The normalized spacial score (nSPS) is 20.6. The molecule has 1 fully saturated rings. The lowest BCUT2D eigenvalue weighted by Gasteiger charge is -2.28. The SMILES string of the molecule is O=C(C1=Cc2ccccc2OC1)N1CCC[C@H]1c1ccc2c(c1)OCCCO2. The van der Waals surface area contributed by atoms with Gasteiger partial charge in [0.05, 0.1) is 24.8 Å². The van der Waals surface area contributed by atoms with Gasteiger partial charge >= 0.3 is 0 Å². The average molecular weight is 377 g/mol. The number of amides is 1. The van der Waals surface area contributed by atoms with Gasteiger partial charge in [-0.15, -0.1) is 0 Å². The average Bonchev–Trinajstić information content (AvgIpc) is 3.11. The minimum atomic E-state index is 0.0581. The van der Waals surface area contributed by atoms with Crippen molar-refractivity contribution in [3.05, 3.63) is 59.2 Å². The molecule has 0 spiro atoms. The van der Waals surface area contributed by atoms with Crippen LogP contribution in [0.25, 0.3) is 6.08 Å². The Hall–Kier alpha value is -2.95. The summed E-state index contributed by atoms with van der Waals surface area (Å²) >= 11 is 0. The second-order valence-electron chi connectivity index (χ2n) is 7.41. The molecule has 0 saturated carbocycles. The first-order valence-electron chi connectivity index (χ1n) is 9.92. The lowest BCUT2D eigenvalue weighted by atomic mass is 10.0. The Morgan fingerprint density at radius 2 is 1.79 bits per heavy atom. The molecule has 0 N–H and O–H groups in total. The maximum atomic E-state index is 13.3. The monoisotopic (exact) mass is 377 g/mol. The maximum Gasteiger partial charge on any atom is 0.253 e. The zero-order chi connectivity index (χ0) is 18.9. The fourth-order valence-electron chi connectivity index (χ4n) is 4.17. The van der Waals surface area contributed by atoms with Crippen molar-refractivity contribution in [1.29, 1.82) is 0 Å². The van der Waals surface area contributed by atoms with Crippen LogP contribution in [-0.4, -0.2) is 37.2 Å². The van der Waals surface area contributed by atoms with E-state index in [0.717, 1.165) is 54.2 Å². The van der Waals surface area contributed by atoms with E-state index < -0.39 is 0 Å². The largest absolute Gasteiger partial charge is 0.490 e. The molecule has 0 bridgehead atoms. The van der Waals surface area contributed by atoms with Crippen LogP contribution in [0.2, 0.25) is 0 Å². The van der Waals surface area contributed by atoms with E-state index >= 15 is 0 Å². The van der Waals surface area contributed by atoms with Gasteiger partial charge in [-0.25, -0.2) is 0 Å². The highest BCUT2D eigenvalue weighted by molar-refractivity contribution is 5.99. The van der Waals surface area contributed by atoms with E-state index in [2.05, 4.69) is 6.07 Å². The highest BCUT2D eigenvalue weighted by atomic mass is 16.5. The molecule has 144 valence electrons. The Morgan fingerprint density at radius 3 is 2.71 bits per heavy atom. The Balaban J connectivity index is 1.41. The maximum absolute atomic E-state index is 13.3. The van der Waals surface area contributed by atoms with E-state index in [1.165, 1.54) is 0 Å². The third-order valence-electron chi connectivity index (χ3n) is 5.58. The van der Waals surface area contributed by atoms with Crippen LogP contribution in [0.15, 0.2) is 48.0 Å². The van der Waals surface area contributed by atoms with Gasteiger partial charge in [0.1, 0.15) is 12.4 Å². The summed E-state index contributed by atoms with van der Waals surface area (Å²) < 4.78 is 17.4. The molecule has 5 rings (SSSR count). The smallest absolute Gasteiger partial charge is 0.253 e. The lowest BCUT2D eigenvalue weighted by molar-refractivity contribution is -0.128. The molecule has 3 aliphatic rings. The Morgan fingerprint density at radius 1 is 0.929 bits per heavy atom. The van der Waals surface area contributed by atoms with E-state index in [-0.39, 0.29) is 11.9 Å². The van der Waals surface area contributed by atoms with Crippen LogP contribution in [0.3, 0.4) is 0 Å². The molecular formula is C23H23NO4. The first kappa shape index (κ1) is 17.2. The lowest BCUT2D eigenvalue weighted by Crippen LogP contribution is -2.34. The summed E-state index contributed by atoms with van der Waals surface area (Å²) in [6.07, 6.45) is 4.80. The topological polar surface area (TPSA) is 48.0 Å². The minimum Gasteiger partial charge on any atom is -0.490 e. The Labute approximate surface area is 164 Å². The summed E-state index contributed by atoms with van der Waals surface area (Å²) in [5.74, 6) is 2.46. The Kier molecular flexibility index (Phi) is 4.43. The zero-order valence-corrected chi connectivity index (χ0v) is 15.7. The molecule has 1 atom stereocenters. The highest BCUT2D eigenvalue weighted by Crippen LogP contribution is 2.39. The van der Waals surface area contributed by atoms with Crippen LogP contribution in [-0.2, 0) is 4.79 Å². The number of carbonyl (C=O) groups is 1. The molecule has 1 saturated heterocycles. The molecule has 5 heteroatoms. The van der Waals surface area contributed by atoms with Crippen molar-refractivity contribution in [2.45, 2.75) is 25.3 Å². The summed E-state index contributed by atoms with van der Waals surface area (Å²) in [6.45, 7) is 2.42. The van der Waals surface area contributed by atoms with Crippen molar-refractivity contribution in [2.24, 2.45) is 0 Å². The van der Waals surface area contributed by atoms with Gasteiger partial charge in [0.25, 0.3) is 5.91 Å². The van der Waals surface area contributed by atoms with Crippen molar-refractivity contribution < 1.29 is 19.0 Å². The summed E-state index contributed by atoms with van der Waals surface area (Å²) in [4.78, 5) is 15.2. The van der Waals surface area contributed by atoms with Crippen LogP contribution in [0, 0.1) is 0 Å². The van der Waals surface area contributed by atoms with Crippen molar-refractivity contribution in [2.75, 3.05) is 26.4 Å². The van der Waals surface area contributed by atoms with Crippen molar-refractivity contribution in [3.63, 3.8) is 0 Å². The van der Waals surface area contributed by atoms with E-state index in [0.29, 0.717) is 25.4 Å². The van der Waals surface area contributed by atoms with Gasteiger partial charge in [-0.3, -0.25) is 4.79 Å². The summed E-state index contributed by atoms with van der Waals surface area (Å²) in [6, 6.07) is 13.9. The number of hydrogen-bond donors (Lipinski definition) is 0. The fraction of sp³-hybridized carbons (Fsp3) is 0.348. The van der Waals surface area contributed by atoms with Crippen LogP contribution in [0.1, 0.15) is 36.4 Å². The number of benzene rings is 2. The first-order chi connectivity index (χ1) is 13.8. The quantitative estimate of drug-likeness (QED) is 0.794. The predicted molar refractivity (Wildman–Crippen MR) is 106 cm³/mol. The number of nitrogens with zero attached hydrogens (tertiary/aromatic N) is 1. The molecule has 0 unspecified atom stereocenters. The predicted octanol–water partition coefficient (Wildman–Crippen LogP) is 3.99. The summed E-state index contributed by atoms with van der Waals surface area (Å²) in [5, 5.41) is 0. The number of ether oxygens (including phenoxy) is 3. The summed E-state index contributed by atoms with van der Waals surface area (Å²) in [5.41, 5.74) is 2.77. The molecule has 0 aliphatic carbocycles. The third-order valence-corrected chi connectivity index (χ3v) is 5.58. The number of carbonyl (C=O) groups excluding carboxylic acids is 1. The van der Waals surface area contributed by atoms with E-state index in [9.17, 15) is 4.79 Å². The van der Waals surface area contributed by atoms with Crippen molar-refractivity contribution in [1.82, 2.24) is 4.90 Å². The van der Waals surface area contributed by atoms with Gasteiger partial charge in [-0.1, -0.05) is 24.3 Å². The molecule has 0 aromatic heterocycles. The van der Waals surface area contributed by atoms with E-state index in [4.69, 9.17) is 14.2 Å². The molecule has 5 nitrogen and oxygen atoms in total. The number of hydrogen-bond acceptors (Lipinski definition) is 4. The first-order valence-corrected chi connectivity index (χ1v) is 9.92. The van der Waals surface area contributed by atoms with Gasteiger partial charge in [0.15, 0.2) is 11.5 Å². The zero-order valence-electron chi connectivity index (χ0n) is 15.7. The third kappa shape index (κ3) is 3.11. The molecular weight excluding hydrogens is 354 g/mol. The molecule has 3 heterocycles. The van der Waals surface area contributed by atoms with E-state index in [1.54, 1.807) is 0 Å². The number of para-hydroxylation sites is 1. The molecule has 28 heavy (non-hydrogen) atoms. The van der Waals surface area contributed by atoms with Crippen LogP contribution >= 0.6 is 0 Å². The molecule has 2 aromatic carbocycles. The Bertz CT molecular complexity index is 936. The number of fused-ring (bicyclic) bond motifs is 2. The van der Waals surface area contributed by atoms with Crippen LogP contribution in [0.5, 0.6) is 17.2 Å². The van der Waals surface area contributed by atoms with Crippen LogP contribution in [0.4, 0.5) is 0 Å².